The molecule has 0 aliphatic rings. The maximum absolute atomic E-state index is 5.64. The Kier molecular flexibility index (Phi) is 5.03. The zero-order valence-electron chi connectivity index (χ0n) is 13.7. The van der Waals surface area contributed by atoms with Crippen LogP contribution in [0.2, 0.25) is 0 Å². The number of aryl methyl sites for hydroxylation is 3. The quantitative estimate of drug-likeness (QED) is 0.888. The summed E-state index contributed by atoms with van der Waals surface area (Å²) in [6.07, 6.45) is 1.03. The summed E-state index contributed by atoms with van der Waals surface area (Å²) in [5, 5.41) is 3.46. The highest BCUT2D eigenvalue weighted by molar-refractivity contribution is 5.50. The van der Waals surface area contributed by atoms with Gasteiger partial charge in [-0.2, -0.15) is 0 Å². The summed E-state index contributed by atoms with van der Waals surface area (Å²) in [6.45, 7) is 6.46. The minimum absolute atomic E-state index is 0.150. The van der Waals surface area contributed by atoms with Crippen molar-refractivity contribution in [3.8, 4) is 5.75 Å². The molecule has 0 fully saturated rings. The standard InChI is InChI=1S/C19H25NO/c1-6-15-9-7-8-10-16(15)19(20-4)18-14(3)11-13(2)12-17(18)21-5/h7-12,19-20H,6H2,1-5H3. The molecule has 0 radical (unpaired) electrons. The summed E-state index contributed by atoms with van der Waals surface area (Å²) in [5.41, 5.74) is 6.42. The monoisotopic (exact) mass is 283 g/mol. The zero-order chi connectivity index (χ0) is 15.4. The smallest absolute Gasteiger partial charge is 0.124 e. The van der Waals surface area contributed by atoms with Crippen LogP contribution in [0.1, 0.15) is 40.8 Å². The molecule has 2 rings (SSSR count). The van der Waals surface area contributed by atoms with Crippen molar-refractivity contribution in [2.45, 2.75) is 33.2 Å². The lowest BCUT2D eigenvalue weighted by atomic mass is 9.89. The Bertz CT molecular complexity index is 619. The average molecular weight is 283 g/mol. The van der Waals surface area contributed by atoms with E-state index < -0.39 is 0 Å². The molecule has 0 spiro atoms. The van der Waals surface area contributed by atoms with Crippen molar-refractivity contribution < 1.29 is 4.74 Å². The van der Waals surface area contributed by atoms with E-state index in [4.69, 9.17) is 4.74 Å². The minimum Gasteiger partial charge on any atom is -0.496 e. The van der Waals surface area contributed by atoms with E-state index in [-0.39, 0.29) is 6.04 Å². The van der Waals surface area contributed by atoms with Gasteiger partial charge in [0.25, 0.3) is 0 Å². The van der Waals surface area contributed by atoms with Gasteiger partial charge in [-0.25, -0.2) is 0 Å². The van der Waals surface area contributed by atoms with Gasteiger partial charge in [0.2, 0.25) is 0 Å². The van der Waals surface area contributed by atoms with Gasteiger partial charge in [0.15, 0.2) is 0 Å². The van der Waals surface area contributed by atoms with E-state index in [0.717, 1.165) is 12.2 Å². The second-order valence-corrected chi connectivity index (χ2v) is 5.47. The molecule has 0 saturated carbocycles. The molecule has 112 valence electrons. The Morgan fingerprint density at radius 3 is 2.48 bits per heavy atom. The first-order valence-electron chi connectivity index (χ1n) is 7.52. The predicted octanol–water partition coefficient (Wildman–Crippen LogP) is 4.18. The first kappa shape index (κ1) is 15.6. The third-order valence-electron chi connectivity index (χ3n) is 4.04. The predicted molar refractivity (Wildman–Crippen MR) is 89.2 cm³/mol. The minimum atomic E-state index is 0.150. The van der Waals surface area contributed by atoms with Gasteiger partial charge in [-0.15, -0.1) is 0 Å². The van der Waals surface area contributed by atoms with Crippen LogP contribution in [0.15, 0.2) is 36.4 Å². The molecule has 0 aliphatic carbocycles. The fourth-order valence-electron chi connectivity index (χ4n) is 3.07. The molecule has 21 heavy (non-hydrogen) atoms. The lowest BCUT2D eigenvalue weighted by Gasteiger charge is -2.24. The summed E-state index contributed by atoms with van der Waals surface area (Å²) >= 11 is 0. The Labute approximate surface area is 128 Å². The van der Waals surface area contributed by atoms with Crippen molar-refractivity contribution in [3.05, 3.63) is 64.2 Å². The van der Waals surface area contributed by atoms with Gasteiger partial charge < -0.3 is 10.1 Å². The Balaban J connectivity index is 2.62. The fraction of sp³-hybridized carbons (Fsp3) is 0.368. The van der Waals surface area contributed by atoms with Crippen LogP contribution in [-0.4, -0.2) is 14.2 Å². The van der Waals surface area contributed by atoms with Crippen LogP contribution in [0.5, 0.6) is 5.75 Å². The second kappa shape index (κ2) is 6.77. The lowest BCUT2D eigenvalue weighted by molar-refractivity contribution is 0.404. The molecule has 1 atom stereocenters. The van der Waals surface area contributed by atoms with Gasteiger partial charge in [-0.05, 0) is 55.6 Å². The molecular weight excluding hydrogens is 258 g/mol. The van der Waals surface area contributed by atoms with Gasteiger partial charge >= 0.3 is 0 Å². The average Bonchev–Trinajstić information content (AvgIpc) is 2.49. The van der Waals surface area contributed by atoms with Crippen molar-refractivity contribution >= 4 is 0 Å². The van der Waals surface area contributed by atoms with Crippen LogP contribution >= 0.6 is 0 Å². The van der Waals surface area contributed by atoms with Crippen LogP contribution in [0.3, 0.4) is 0 Å². The molecule has 0 amide bonds. The highest BCUT2D eigenvalue weighted by Gasteiger charge is 2.21. The van der Waals surface area contributed by atoms with Crippen molar-refractivity contribution in [2.24, 2.45) is 0 Å². The van der Waals surface area contributed by atoms with Gasteiger partial charge in [0, 0.05) is 5.56 Å². The van der Waals surface area contributed by atoms with E-state index in [9.17, 15) is 0 Å². The van der Waals surface area contributed by atoms with E-state index in [2.05, 4.69) is 62.5 Å². The number of benzene rings is 2. The number of methoxy groups -OCH3 is 1. The topological polar surface area (TPSA) is 21.3 Å². The van der Waals surface area contributed by atoms with Crippen LogP contribution in [-0.2, 0) is 6.42 Å². The number of nitrogens with one attached hydrogen (secondary N) is 1. The Morgan fingerprint density at radius 2 is 1.86 bits per heavy atom. The van der Waals surface area contributed by atoms with E-state index in [1.165, 1.54) is 27.8 Å². The number of hydrogen-bond acceptors (Lipinski definition) is 2. The highest BCUT2D eigenvalue weighted by Crippen LogP contribution is 2.35. The van der Waals surface area contributed by atoms with Crippen molar-refractivity contribution in [1.29, 1.82) is 0 Å². The summed E-state index contributed by atoms with van der Waals surface area (Å²) in [7, 11) is 3.76. The molecule has 0 bridgehead atoms. The fourth-order valence-corrected chi connectivity index (χ4v) is 3.07. The maximum atomic E-state index is 5.64. The van der Waals surface area contributed by atoms with Gasteiger partial charge in [-0.3, -0.25) is 0 Å². The summed E-state index contributed by atoms with van der Waals surface area (Å²) in [6, 6.07) is 13.1. The van der Waals surface area contributed by atoms with E-state index in [0.29, 0.717) is 0 Å². The number of ether oxygens (including phenoxy) is 1. The first-order chi connectivity index (χ1) is 10.1. The molecule has 0 heterocycles. The largest absolute Gasteiger partial charge is 0.496 e. The summed E-state index contributed by atoms with van der Waals surface area (Å²) < 4.78 is 5.64. The van der Waals surface area contributed by atoms with Crippen LogP contribution in [0.25, 0.3) is 0 Å². The molecular formula is C19H25NO. The molecule has 2 aromatic rings. The highest BCUT2D eigenvalue weighted by atomic mass is 16.5. The van der Waals surface area contributed by atoms with Crippen molar-refractivity contribution in [1.82, 2.24) is 5.32 Å². The third kappa shape index (κ3) is 3.11. The number of rotatable bonds is 5. The SMILES string of the molecule is CCc1ccccc1C(NC)c1c(C)cc(C)cc1OC. The van der Waals surface area contributed by atoms with Gasteiger partial charge in [0.1, 0.15) is 5.75 Å². The van der Waals surface area contributed by atoms with Crippen LogP contribution < -0.4 is 10.1 Å². The molecule has 1 unspecified atom stereocenters. The third-order valence-corrected chi connectivity index (χ3v) is 4.04. The van der Waals surface area contributed by atoms with E-state index >= 15 is 0 Å². The second-order valence-electron chi connectivity index (χ2n) is 5.47. The van der Waals surface area contributed by atoms with Gasteiger partial charge in [0.05, 0.1) is 13.2 Å². The van der Waals surface area contributed by atoms with Crippen LogP contribution in [0, 0.1) is 13.8 Å². The number of hydrogen-bond donors (Lipinski definition) is 1. The zero-order valence-corrected chi connectivity index (χ0v) is 13.7. The molecule has 2 heteroatoms. The molecule has 1 N–H and O–H groups in total. The normalized spacial score (nSPS) is 12.2. The van der Waals surface area contributed by atoms with Crippen molar-refractivity contribution in [2.75, 3.05) is 14.2 Å². The Hall–Kier alpha value is -1.80. The Morgan fingerprint density at radius 1 is 1.14 bits per heavy atom. The van der Waals surface area contributed by atoms with E-state index in [1.807, 2.05) is 7.05 Å². The molecule has 0 saturated heterocycles. The molecule has 0 aliphatic heterocycles. The van der Waals surface area contributed by atoms with E-state index in [1.54, 1.807) is 7.11 Å². The summed E-state index contributed by atoms with van der Waals surface area (Å²) in [4.78, 5) is 0. The molecule has 0 aromatic heterocycles. The van der Waals surface area contributed by atoms with Gasteiger partial charge in [-0.1, -0.05) is 37.3 Å². The lowest BCUT2D eigenvalue weighted by Crippen LogP contribution is -2.21. The summed E-state index contributed by atoms with van der Waals surface area (Å²) in [5.74, 6) is 0.956. The molecule has 2 nitrogen and oxygen atoms in total. The first-order valence-corrected chi connectivity index (χ1v) is 7.52. The van der Waals surface area contributed by atoms with Crippen molar-refractivity contribution in [3.63, 3.8) is 0 Å². The molecule has 2 aromatic carbocycles. The maximum Gasteiger partial charge on any atom is 0.124 e. The van der Waals surface area contributed by atoms with Crippen LogP contribution in [0.4, 0.5) is 0 Å².